The molecule has 2 heterocycles. The zero-order valence-corrected chi connectivity index (χ0v) is 11.7. The van der Waals surface area contributed by atoms with Gasteiger partial charge in [0.05, 0.1) is 10.2 Å². The number of benzene rings is 1. The van der Waals surface area contributed by atoms with Crippen LogP contribution >= 0.6 is 15.9 Å². The molecule has 0 bridgehead atoms. The molecule has 0 spiro atoms. The van der Waals surface area contributed by atoms with Crippen LogP contribution < -0.4 is 0 Å². The predicted octanol–water partition coefficient (Wildman–Crippen LogP) is 3.11. The smallest absolute Gasteiger partial charge is 0.257 e. The van der Waals surface area contributed by atoms with Crippen LogP contribution in [0.3, 0.4) is 0 Å². The van der Waals surface area contributed by atoms with E-state index in [1.165, 1.54) is 12.1 Å². The van der Waals surface area contributed by atoms with E-state index in [0.29, 0.717) is 13.1 Å². The van der Waals surface area contributed by atoms with Gasteiger partial charge < -0.3 is 9.88 Å². The molecule has 1 aliphatic heterocycles. The highest BCUT2D eigenvalue weighted by Crippen LogP contribution is 2.24. The maximum absolute atomic E-state index is 13.6. The Morgan fingerprint density at radius 1 is 1.37 bits per heavy atom. The van der Waals surface area contributed by atoms with Crippen LogP contribution in [-0.2, 0) is 13.0 Å². The van der Waals surface area contributed by atoms with Crippen molar-refractivity contribution in [2.75, 3.05) is 6.54 Å². The summed E-state index contributed by atoms with van der Waals surface area (Å²) < 4.78 is 14.5. The molecule has 3 rings (SSSR count). The Hall–Kier alpha value is -1.62. The molecule has 0 unspecified atom stereocenters. The van der Waals surface area contributed by atoms with Crippen LogP contribution in [0.4, 0.5) is 4.39 Å². The molecule has 3 nitrogen and oxygen atoms in total. The maximum Gasteiger partial charge on any atom is 0.257 e. The second-order valence-electron chi connectivity index (χ2n) is 4.58. The second kappa shape index (κ2) is 4.81. The highest BCUT2D eigenvalue weighted by atomic mass is 79.9. The zero-order chi connectivity index (χ0) is 13.4. The third kappa shape index (κ3) is 2.30. The van der Waals surface area contributed by atoms with Crippen molar-refractivity contribution in [3.05, 3.63) is 57.6 Å². The van der Waals surface area contributed by atoms with Crippen LogP contribution in [0.5, 0.6) is 0 Å². The Balaban J connectivity index is 1.85. The number of nitrogens with zero attached hydrogens (tertiary/aromatic N) is 1. The summed E-state index contributed by atoms with van der Waals surface area (Å²) in [5, 5.41) is 0. The Kier molecular flexibility index (Phi) is 3.14. The van der Waals surface area contributed by atoms with Gasteiger partial charge in [0.2, 0.25) is 0 Å². The fourth-order valence-electron chi connectivity index (χ4n) is 2.37. The van der Waals surface area contributed by atoms with Crippen LogP contribution in [0, 0.1) is 5.82 Å². The number of halogens is 2. The lowest BCUT2D eigenvalue weighted by Gasteiger charge is -2.27. The minimum Gasteiger partial charge on any atom is -0.353 e. The normalized spacial score (nSPS) is 14.3. The average Bonchev–Trinajstić information content (AvgIpc) is 2.77. The summed E-state index contributed by atoms with van der Waals surface area (Å²) in [6, 6.07) is 8.08. The van der Waals surface area contributed by atoms with Gasteiger partial charge in [-0.25, -0.2) is 4.39 Å². The van der Waals surface area contributed by atoms with Gasteiger partial charge in [0, 0.05) is 25.2 Å². The van der Waals surface area contributed by atoms with Crippen molar-refractivity contribution in [3.8, 4) is 0 Å². The standard InChI is InChI=1S/C14H12BrFN2O/c15-13-7-9-8-18(6-5-12(9)17-13)14(19)10-3-1-2-4-11(10)16/h1-4,7,17H,5-6,8H2. The lowest BCUT2D eigenvalue weighted by Crippen LogP contribution is -2.36. The van der Waals surface area contributed by atoms with Crippen molar-refractivity contribution in [2.45, 2.75) is 13.0 Å². The summed E-state index contributed by atoms with van der Waals surface area (Å²) in [7, 11) is 0. The van der Waals surface area contributed by atoms with Crippen molar-refractivity contribution in [3.63, 3.8) is 0 Å². The number of aromatic amines is 1. The monoisotopic (exact) mass is 322 g/mol. The molecule has 0 fully saturated rings. The van der Waals surface area contributed by atoms with Gasteiger partial charge in [-0.15, -0.1) is 0 Å². The number of carbonyl (C=O) groups is 1. The summed E-state index contributed by atoms with van der Waals surface area (Å²) in [5.74, 6) is -0.713. The summed E-state index contributed by atoms with van der Waals surface area (Å²) in [6.45, 7) is 1.12. The number of nitrogens with one attached hydrogen (secondary N) is 1. The van der Waals surface area contributed by atoms with Gasteiger partial charge in [0.1, 0.15) is 5.82 Å². The maximum atomic E-state index is 13.6. The third-order valence-electron chi connectivity index (χ3n) is 3.34. The van der Waals surface area contributed by atoms with E-state index < -0.39 is 5.82 Å². The fraction of sp³-hybridized carbons (Fsp3) is 0.214. The zero-order valence-electron chi connectivity index (χ0n) is 10.1. The number of rotatable bonds is 1. The first-order valence-electron chi connectivity index (χ1n) is 6.05. The molecule has 0 aliphatic carbocycles. The molecular weight excluding hydrogens is 311 g/mol. The number of aromatic nitrogens is 1. The van der Waals surface area contributed by atoms with Crippen LogP contribution in [0.1, 0.15) is 21.6 Å². The van der Waals surface area contributed by atoms with E-state index in [4.69, 9.17) is 0 Å². The van der Waals surface area contributed by atoms with E-state index in [1.54, 1.807) is 17.0 Å². The lowest BCUT2D eigenvalue weighted by molar-refractivity contribution is 0.0729. The Morgan fingerprint density at radius 3 is 2.95 bits per heavy atom. The van der Waals surface area contributed by atoms with E-state index in [1.807, 2.05) is 6.07 Å². The molecule has 1 aromatic heterocycles. The SMILES string of the molecule is O=C(c1ccccc1F)N1CCc2[nH]c(Br)cc2C1. The number of amides is 1. The van der Waals surface area contributed by atoms with Gasteiger partial charge in [-0.05, 0) is 39.7 Å². The van der Waals surface area contributed by atoms with E-state index >= 15 is 0 Å². The van der Waals surface area contributed by atoms with E-state index in [-0.39, 0.29) is 11.5 Å². The van der Waals surface area contributed by atoms with Crippen molar-refractivity contribution >= 4 is 21.8 Å². The molecule has 1 aliphatic rings. The molecule has 5 heteroatoms. The van der Waals surface area contributed by atoms with Gasteiger partial charge >= 0.3 is 0 Å². The minimum atomic E-state index is -0.464. The Labute approximate surface area is 118 Å². The molecule has 2 aromatic rings. The first kappa shape index (κ1) is 12.4. The van der Waals surface area contributed by atoms with Gasteiger partial charge in [-0.2, -0.15) is 0 Å². The van der Waals surface area contributed by atoms with Crippen molar-refractivity contribution in [1.29, 1.82) is 0 Å². The largest absolute Gasteiger partial charge is 0.353 e. The molecule has 98 valence electrons. The quantitative estimate of drug-likeness (QED) is 0.860. The van der Waals surface area contributed by atoms with E-state index in [0.717, 1.165) is 22.3 Å². The fourth-order valence-corrected chi connectivity index (χ4v) is 2.89. The van der Waals surface area contributed by atoms with Crippen LogP contribution in [0.15, 0.2) is 34.9 Å². The van der Waals surface area contributed by atoms with E-state index in [2.05, 4.69) is 20.9 Å². The van der Waals surface area contributed by atoms with Crippen LogP contribution in [0.2, 0.25) is 0 Å². The van der Waals surface area contributed by atoms with Crippen molar-refractivity contribution in [1.82, 2.24) is 9.88 Å². The van der Waals surface area contributed by atoms with Crippen LogP contribution in [0.25, 0.3) is 0 Å². The summed E-state index contributed by atoms with van der Waals surface area (Å²) in [6.07, 6.45) is 0.765. The average molecular weight is 323 g/mol. The number of H-pyrrole nitrogens is 1. The van der Waals surface area contributed by atoms with Gasteiger partial charge in [-0.1, -0.05) is 12.1 Å². The molecule has 0 saturated carbocycles. The predicted molar refractivity (Wildman–Crippen MR) is 73.3 cm³/mol. The molecule has 0 saturated heterocycles. The molecule has 0 atom stereocenters. The molecule has 0 radical (unpaired) electrons. The first-order valence-corrected chi connectivity index (χ1v) is 6.84. The topological polar surface area (TPSA) is 36.1 Å². The molecule has 1 amide bonds. The molecule has 19 heavy (non-hydrogen) atoms. The minimum absolute atomic E-state index is 0.139. The first-order chi connectivity index (χ1) is 9.15. The Bertz CT molecular complexity index is 638. The van der Waals surface area contributed by atoms with Gasteiger partial charge in [-0.3, -0.25) is 4.79 Å². The third-order valence-corrected chi connectivity index (χ3v) is 3.77. The summed E-state index contributed by atoms with van der Waals surface area (Å²) >= 11 is 3.39. The molecule has 1 aromatic carbocycles. The molecular formula is C14H12BrFN2O. The summed E-state index contributed by atoms with van der Waals surface area (Å²) in [5.41, 5.74) is 2.37. The van der Waals surface area contributed by atoms with Gasteiger partial charge in [0.25, 0.3) is 5.91 Å². The number of hydrogen-bond acceptors (Lipinski definition) is 1. The van der Waals surface area contributed by atoms with Crippen molar-refractivity contribution in [2.24, 2.45) is 0 Å². The highest BCUT2D eigenvalue weighted by Gasteiger charge is 2.24. The van der Waals surface area contributed by atoms with Gasteiger partial charge in [0.15, 0.2) is 0 Å². The Morgan fingerprint density at radius 2 is 2.16 bits per heavy atom. The second-order valence-corrected chi connectivity index (χ2v) is 5.43. The number of fused-ring (bicyclic) bond motifs is 1. The van der Waals surface area contributed by atoms with Crippen LogP contribution in [-0.4, -0.2) is 22.3 Å². The molecule has 1 N–H and O–H groups in total. The van der Waals surface area contributed by atoms with Crippen molar-refractivity contribution < 1.29 is 9.18 Å². The summed E-state index contributed by atoms with van der Waals surface area (Å²) in [4.78, 5) is 17.2. The number of carbonyl (C=O) groups excluding carboxylic acids is 1. The lowest BCUT2D eigenvalue weighted by atomic mass is 10.1. The van der Waals surface area contributed by atoms with E-state index in [9.17, 15) is 9.18 Å². The number of hydrogen-bond donors (Lipinski definition) is 1. The highest BCUT2D eigenvalue weighted by molar-refractivity contribution is 9.10.